The first kappa shape index (κ1) is 15.1. The van der Waals surface area contributed by atoms with Crippen molar-refractivity contribution in [3.63, 3.8) is 0 Å². The molecular formula is C16H22N4O. The maximum absolute atomic E-state index is 9.25. The van der Waals surface area contributed by atoms with Gasteiger partial charge < -0.3 is 15.7 Å². The minimum absolute atomic E-state index is 0.296. The zero-order valence-electron chi connectivity index (χ0n) is 12.6. The lowest BCUT2D eigenvalue weighted by Crippen LogP contribution is -2.09. The summed E-state index contributed by atoms with van der Waals surface area (Å²) in [6, 6.07) is 9.19. The number of phenols is 1. The molecule has 0 saturated heterocycles. The summed E-state index contributed by atoms with van der Waals surface area (Å²) < 4.78 is 0. The van der Waals surface area contributed by atoms with Crippen molar-refractivity contribution in [1.82, 2.24) is 9.97 Å². The number of nitrogens with one attached hydrogen (secondary N) is 2. The molecule has 5 nitrogen and oxygen atoms in total. The molecule has 1 aromatic heterocycles. The molecule has 21 heavy (non-hydrogen) atoms. The van der Waals surface area contributed by atoms with Crippen molar-refractivity contribution < 1.29 is 5.11 Å². The number of hydrogen-bond donors (Lipinski definition) is 3. The van der Waals surface area contributed by atoms with Crippen molar-refractivity contribution in [2.75, 3.05) is 23.7 Å². The lowest BCUT2D eigenvalue weighted by molar-refractivity contribution is 0.475. The van der Waals surface area contributed by atoms with Crippen molar-refractivity contribution in [3.05, 3.63) is 41.7 Å². The number of anilines is 2. The molecule has 2 rings (SSSR count). The first-order valence-corrected chi connectivity index (χ1v) is 7.28. The molecule has 0 aliphatic carbocycles. The van der Waals surface area contributed by atoms with Crippen molar-refractivity contribution >= 4 is 11.6 Å². The topological polar surface area (TPSA) is 70.1 Å². The van der Waals surface area contributed by atoms with E-state index in [0.717, 1.165) is 43.4 Å². The molecule has 0 spiro atoms. The number of hydrogen-bond acceptors (Lipinski definition) is 5. The highest BCUT2D eigenvalue weighted by Crippen LogP contribution is 2.13. The van der Waals surface area contributed by atoms with Crippen LogP contribution in [0.25, 0.3) is 0 Å². The van der Waals surface area contributed by atoms with Gasteiger partial charge >= 0.3 is 0 Å². The number of benzene rings is 1. The molecule has 2 aromatic rings. The minimum Gasteiger partial charge on any atom is -0.508 e. The summed E-state index contributed by atoms with van der Waals surface area (Å²) in [4.78, 5) is 8.74. The van der Waals surface area contributed by atoms with Crippen LogP contribution in [0.3, 0.4) is 0 Å². The molecule has 112 valence electrons. The lowest BCUT2D eigenvalue weighted by Gasteiger charge is -2.09. The highest BCUT2D eigenvalue weighted by Gasteiger charge is 2.01. The molecule has 5 heteroatoms. The fraction of sp³-hybridized carbons (Fsp3) is 0.375. The molecule has 1 heterocycles. The molecular weight excluding hydrogens is 264 g/mol. The maximum atomic E-state index is 9.25. The first-order chi connectivity index (χ1) is 10.2. The number of phenolic OH excluding ortho intramolecular Hbond substituents is 1. The Hall–Kier alpha value is -2.30. The summed E-state index contributed by atoms with van der Waals surface area (Å²) in [7, 11) is 0. The third-order valence-electron chi connectivity index (χ3n) is 3.05. The van der Waals surface area contributed by atoms with Crippen LogP contribution in [0.5, 0.6) is 5.75 Å². The average Bonchev–Trinajstić information content (AvgIpc) is 2.47. The standard InChI is InChI=1S/C16H22N4O/c1-3-9-17-15-11-16(20-12(2)19-15)18-10-8-13-4-6-14(21)7-5-13/h4-7,11,21H,3,8-10H2,1-2H3,(H2,17,18,19,20). The Balaban J connectivity index is 1.90. The molecule has 0 aliphatic heterocycles. The van der Waals surface area contributed by atoms with Gasteiger partial charge in [-0.1, -0.05) is 19.1 Å². The Morgan fingerprint density at radius 3 is 2.24 bits per heavy atom. The SMILES string of the molecule is CCCNc1cc(NCCc2ccc(O)cc2)nc(C)n1. The second kappa shape index (κ2) is 7.47. The van der Waals surface area contributed by atoms with Crippen LogP contribution in [-0.2, 0) is 6.42 Å². The van der Waals surface area contributed by atoms with E-state index in [1.165, 1.54) is 5.56 Å². The van der Waals surface area contributed by atoms with Crippen molar-refractivity contribution in [3.8, 4) is 5.75 Å². The van der Waals surface area contributed by atoms with Gasteiger partial charge in [-0.05, 0) is 37.5 Å². The number of aryl methyl sites for hydroxylation is 1. The molecule has 0 fully saturated rings. The van der Waals surface area contributed by atoms with Crippen LogP contribution in [0, 0.1) is 6.92 Å². The Labute approximate surface area is 125 Å². The molecule has 0 bridgehead atoms. The fourth-order valence-electron chi connectivity index (χ4n) is 2.00. The van der Waals surface area contributed by atoms with E-state index in [1.54, 1.807) is 12.1 Å². The Kier molecular flexibility index (Phi) is 5.37. The van der Waals surface area contributed by atoms with Gasteiger partial charge in [0, 0.05) is 19.2 Å². The van der Waals surface area contributed by atoms with Crippen LogP contribution in [0.15, 0.2) is 30.3 Å². The maximum Gasteiger partial charge on any atom is 0.131 e. The van der Waals surface area contributed by atoms with E-state index in [4.69, 9.17) is 0 Å². The number of aromatic nitrogens is 2. The van der Waals surface area contributed by atoms with Gasteiger partial charge in [-0.25, -0.2) is 9.97 Å². The van der Waals surface area contributed by atoms with Gasteiger partial charge in [0.2, 0.25) is 0 Å². The molecule has 0 amide bonds. The van der Waals surface area contributed by atoms with Crippen LogP contribution in [0.2, 0.25) is 0 Å². The molecule has 0 saturated carbocycles. The van der Waals surface area contributed by atoms with Crippen LogP contribution >= 0.6 is 0 Å². The monoisotopic (exact) mass is 286 g/mol. The highest BCUT2D eigenvalue weighted by molar-refractivity contribution is 5.47. The average molecular weight is 286 g/mol. The summed E-state index contributed by atoms with van der Waals surface area (Å²) in [5.41, 5.74) is 1.18. The van der Waals surface area contributed by atoms with Crippen LogP contribution in [0.1, 0.15) is 24.7 Å². The highest BCUT2D eigenvalue weighted by atomic mass is 16.3. The molecule has 3 N–H and O–H groups in total. The predicted octanol–water partition coefficient (Wildman–Crippen LogP) is 2.97. The van der Waals surface area contributed by atoms with Gasteiger partial charge in [-0.2, -0.15) is 0 Å². The van der Waals surface area contributed by atoms with E-state index in [0.29, 0.717) is 5.75 Å². The number of rotatable bonds is 7. The van der Waals surface area contributed by atoms with Gasteiger partial charge in [-0.15, -0.1) is 0 Å². The van der Waals surface area contributed by atoms with E-state index >= 15 is 0 Å². The minimum atomic E-state index is 0.296. The molecule has 0 atom stereocenters. The van der Waals surface area contributed by atoms with Gasteiger partial charge in [-0.3, -0.25) is 0 Å². The summed E-state index contributed by atoms with van der Waals surface area (Å²) in [5.74, 6) is 2.74. The summed E-state index contributed by atoms with van der Waals surface area (Å²) in [6.45, 7) is 5.71. The quantitative estimate of drug-likeness (QED) is 0.730. The van der Waals surface area contributed by atoms with Gasteiger partial charge in [0.15, 0.2) is 0 Å². The molecule has 1 aromatic carbocycles. The Morgan fingerprint density at radius 2 is 1.62 bits per heavy atom. The van der Waals surface area contributed by atoms with E-state index in [9.17, 15) is 5.11 Å². The van der Waals surface area contributed by atoms with Crippen LogP contribution < -0.4 is 10.6 Å². The van der Waals surface area contributed by atoms with Crippen molar-refractivity contribution in [2.45, 2.75) is 26.7 Å². The predicted molar refractivity (Wildman–Crippen MR) is 85.9 cm³/mol. The normalized spacial score (nSPS) is 10.4. The lowest BCUT2D eigenvalue weighted by atomic mass is 10.1. The summed E-state index contributed by atoms with van der Waals surface area (Å²) in [6.07, 6.45) is 1.94. The summed E-state index contributed by atoms with van der Waals surface area (Å²) >= 11 is 0. The van der Waals surface area contributed by atoms with Crippen molar-refractivity contribution in [1.29, 1.82) is 0 Å². The largest absolute Gasteiger partial charge is 0.508 e. The zero-order valence-corrected chi connectivity index (χ0v) is 12.6. The summed E-state index contributed by atoms with van der Waals surface area (Å²) in [5, 5.41) is 15.8. The van der Waals surface area contributed by atoms with Crippen LogP contribution in [0.4, 0.5) is 11.6 Å². The first-order valence-electron chi connectivity index (χ1n) is 7.28. The van der Waals surface area contributed by atoms with Gasteiger partial charge in [0.05, 0.1) is 0 Å². The smallest absolute Gasteiger partial charge is 0.131 e. The van der Waals surface area contributed by atoms with Gasteiger partial charge in [0.25, 0.3) is 0 Å². The second-order valence-corrected chi connectivity index (χ2v) is 4.96. The van der Waals surface area contributed by atoms with E-state index in [-0.39, 0.29) is 0 Å². The van der Waals surface area contributed by atoms with E-state index in [1.807, 2.05) is 25.1 Å². The Bertz CT molecular complexity index is 569. The third-order valence-corrected chi connectivity index (χ3v) is 3.05. The number of nitrogens with zero attached hydrogens (tertiary/aromatic N) is 2. The number of aromatic hydroxyl groups is 1. The van der Waals surface area contributed by atoms with Crippen LogP contribution in [-0.4, -0.2) is 28.2 Å². The molecule has 0 aliphatic rings. The van der Waals surface area contributed by atoms with Gasteiger partial charge in [0.1, 0.15) is 23.2 Å². The third kappa shape index (κ3) is 4.95. The second-order valence-electron chi connectivity index (χ2n) is 4.96. The molecule has 0 unspecified atom stereocenters. The fourth-order valence-corrected chi connectivity index (χ4v) is 2.00. The molecule has 0 radical (unpaired) electrons. The van der Waals surface area contributed by atoms with E-state index in [2.05, 4.69) is 27.5 Å². The Morgan fingerprint density at radius 1 is 1.00 bits per heavy atom. The zero-order chi connectivity index (χ0) is 15.1. The van der Waals surface area contributed by atoms with Crippen molar-refractivity contribution in [2.24, 2.45) is 0 Å². The van der Waals surface area contributed by atoms with E-state index < -0.39 is 0 Å².